The summed E-state index contributed by atoms with van der Waals surface area (Å²) in [6, 6.07) is 8.46. The molecule has 0 radical (unpaired) electrons. The average Bonchev–Trinajstić information content (AvgIpc) is 2.16. The lowest BCUT2D eigenvalue weighted by Gasteiger charge is -2.22. The van der Waals surface area contributed by atoms with Crippen molar-refractivity contribution in [3.63, 3.8) is 0 Å². The summed E-state index contributed by atoms with van der Waals surface area (Å²) in [6.07, 6.45) is 0. The van der Waals surface area contributed by atoms with E-state index in [1.807, 2.05) is 38.0 Å². The summed E-state index contributed by atoms with van der Waals surface area (Å²) in [4.78, 5) is 8.65. The average molecular weight is 347 g/mol. The third-order valence-corrected chi connectivity index (χ3v) is 2.29. The summed E-state index contributed by atoms with van der Waals surface area (Å²) in [5.41, 5.74) is 2.53. The predicted octanol–water partition coefficient (Wildman–Crippen LogP) is 2.59. The number of guanidine groups is 1. The second-order valence-electron chi connectivity index (χ2n) is 4.39. The fourth-order valence-electron chi connectivity index (χ4n) is 1.66. The Kier molecular flexibility index (Phi) is 7.18. The topological polar surface area (TPSA) is 18.8 Å². The Morgan fingerprint density at radius 3 is 2.18 bits per heavy atom. The van der Waals surface area contributed by atoms with Crippen molar-refractivity contribution in [3.05, 3.63) is 35.4 Å². The number of rotatable bonds is 2. The maximum absolute atomic E-state index is 4.60. The molecule has 0 spiro atoms. The lowest BCUT2D eigenvalue weighted by molar-refractivity contribution is 0.479. The van der Waals surface area contributed by atoms with Gasteiger partial charge in [0.15, 0.2) is 5.96 Å². The number of benzene rings is 1. The van der Waals surface area contributed by atoms with Gasteiger partial charge in [-0.05, 0) is 12.5 Å². The molecule has 1 rings (SSSR count). The monoisotopic (exact) mass is 347 g/mol. The van der Waals surface area contributed by atoms with Gasteiger partial charge in [0.05, 0.1) is 6.54 Å². The lowest BCUT2D eigenvalue weighted by Crippen LogP contribution is -2.35. The van der Waals surface area contributed by atoms with E-state index in [1.54, 1.807) is 0 Å². The number of hydrogen-bond acceptors (Lipinski definition) is 1. The Morgan fingerprint density at radius 1 is 1.12 bits per heavy atom. The fraction of sp³-hybridized carbons (Fsp3) is 0.462. The Morgan fingerprint density at radius 2 is 1.71 bits per heavy atom. The first-order valence-corrected chi connectivity index (χ1v) is 5.45. The lowest BCUT2D eigenvalue weighted by atomic mass is 10.1. The maximum atomic E-state index is 4.60. The van der Waals surface area contributed by atoms with Gasteiger partial charge in [-0.2, -0.15) is 0 Å². The molecule has 0 aliphatic carbocycles. The third kappa shape index (κ3) is 5.39. The van der Waals surface area contributed by atoms with Crippen molar-refractivity contribution in [2.45, 2.75) is 13.5 Å². The summed E-state index contributed by atoms with van der Waals surface area (Å²) < 4.78 is 0. The number of hydrogen-bond donors (Lipinski definition) is 0. The highest BCUT2D eigenvalue weighted by molar-refractivity contribution is 14.0. The molecule has 0 aromatic heterocycles. The second-order valence-corrected chi connectivity index (χ2v) is 4.39. The minimum absolute atomic E-state index is 0. The molecule has 1 aromatic carbocycles. The van der Waals surface area contributed by atoms with Crippen LogP contribution in [0.5, 0.6) is 0 Å². The molecule has 17 heavy (non-hydrogen) atoms. The molecular weight excluding hydrogens is 325 g/mol. The minimum Gasteiger partial charge on any atom is -0.349 e. The molecule has 0 atom stereocenters. The van der Waals surface area contributed by atoms with Crippen molar-refractivity contribution in [3.8, 4) is 0 Å². The van der Waals surface area contributed by atoms with E-state index < -0.39 is 0 Å². The zero-order valence-electron chi connectivity index (χ0n) is 11.3. The van der Waals surface area contributed by atoms with Gasteiger partial charge in [-0.1, -0.05) is 29.8 Å². The maximum Gasteiger partial charge on any atom is 0.195 e. The van der Waals surface area contributed by atoms with E-state index in [0.717, 1.165) is 12.5 Å². The number of aryl methyl sites for hydroxylation is 1. The van der Waals surface area contributed by atoms with Crippen LogP contribution in [0.2, 0.25) is 0 Å². The van der Waals surface area contributed by atoms with E-state index in [-0.39, 0.29) is 24.0 Å². The van der Waals surface area contributed by atoms with E-state index >= 15 is 0 Å². The van der Waals surface area contributed by atoms with Crippen LogP contribution in [0.15, 0.2) is 29.3 Å². The van der Waals surface area contributed by atoms with Crippen LogP contribution in [0, 0.1) is 6.92 Å². The Bertz CT molecular complexity index is 363. The standard InChI is InChI=1S/C13H21N3.HI/c1-11-7-6-8-12(9-11)10-14-13(15(2)3)16(4)5;/h6-9H,10H2,1-5H3;1H. The number of nitrogens with zero attached hydrogens (tertiary/aromatic N) is 3. The van der Waals surface area contributed by atoms with Crippen molar-refractivity contribution < 1.29 is 0 Å². The fourth-order valence-corrected chi connectivity index (χ4v) is 1.66. The van der Waals surface area contributed by atoms with Crippen molar-refractivity contribution >= 4 is 29.9 Å². The molecule has 1 aromatic rings. The molecule has 4 heteroatoms. The molecule has 0 N–H and O–H groups in total. The number of aliphatic imine (C=N–C) groups is 1. The quantitative estimate of drug-likeness (QED) is 0.465. The first-order chi connectivity index (χ1) is 7.50. The van der Waals surface area contributed by atoms with Gasteiger partial charge in [0.25, 0.3) is 0 Å². The summed E-state index contributed by atoms with van der Waals surface area (Å²) in [5.74, 6) is 0.988. The summed E-state index contributed by atoms with van der Waals surface area (Å²) in [7, 11) is 8.04. The molecule has 0 aliphatic heterocycles. The van der Waals surface area contributed by atoms with Crippen LogP contribution in [-0.2, 0) is 6.54 Å². The van der Waals surface area contributed by atoms with Crippen molar-refractivity contribution in [1.29, 1.82) is 0 Å². The first kappa shape index (κ1) is 16.2. The van der Waals surface area contributed by atoms with Gasteiger partial charge in [0.2, 0.25) is 0 Å². The summed E-state index contributed by atoms with van der Waals surface area (Å²) >= 11 is 0. The van der Waals surface area contributed by atoms with Gasteiger partial charge < -0.3 is 9.80 Å². The van der Waals surface area contributed by atoms with Crippen LogP contribution in [0.4, 0.5) is 0 Å². The second kappa shape index (κ2) is 7.53. The van der Waals surface area contributed by atoms with E-state index in [9.17, 15) is 0 Å². The largest absolute Gasteiger partial charge is 0.349 e. The predicted molar refractivity (Wildman–Crippen MR) is 85.1 cm³/mol. The van der Waals surface area contributed by atoms with E-state index in [2.05, 4.69) is 36.2 Å². The highest BCUT2D eigenvalue weighted by Gasteiger charge is 2.03. The number of halogens is 1. The Labute approximate surface area is 122 Å². The van der Waals surface area contributed by atoms with E-state index in [4.69, 9.17) is 0 Å². The molecule has 96 valence electrons. The molecule has 0 amide bonds. The summed E-state index contributed by atoms with van der Waals surface area (Å²) in [6.45, 7) is 2.83. The van der Waals surface area contributed by atoms with Crippen LogP contribution < -0.4 is 0 Å². The van der Waals surface area contributed by atoms with Gasteiger partial charge in [0.1, 0.15) is 0 Å². The zero-order valence-corrected chi connectivity index (χ0v) is 13.6. The Balaban J connectivity index is 0.00000256. The van der Waals surface area contributed by atoms with Crippen molar-refractivity contribution in [1.82, 2.24) is 9.80 Å². The Hall–Kier alpha value is -0.780. The van der Waals surface area contributed by atoms with Gasteiger partial charge in [-0.3, -0.25) is 0 Å². The zero-order chi connectivity index (χ0) is 12.1. The molecule has 0 saturated carbocycles. The van der Waals surface area contributed by atoms with Gasteiger partial charge in [-0.15, -0.1) is 24.0 Å². The van der Waals surface area contributed by atoms with Crippen molar-refractivity contribution in [2.75, 3.05) is 28.2 Å². The minimum atomic E-state index is 0. The van der Waals surface area contributed by atoms with Crippen LogP contribution in [-0.4, -0.2) is 44.0 Å². The first-order valence-electron chi connectivity index (χ1n) is 5.45. The highest BCUT2D eigenvalue weighted by Crippen LogP contribution is 2.05. The summed E-state index contributed by atoms with van der Waals surface area (Å²) in [5, 5.41) is 0. The third-order valence-electron chi connectivity index (χ3n) is 2.29. The van der Waals surface area contributed by atoms with Gasteiger partial charge >= 0.3 is 0 Å². The normalized spacial score (nSPS) is 9.24. The van der Waals surface area contributed by atoms with E-state index in [0.29, 0.717) is 0 Å². The molecule has 0 aliphatic rings. The van der Waals surface area contributed by atoms with Crippen LogP contribution in [0.25, 0.3) is 0 Å². The van der Waals surface area contributed by atoms with Crippen LogP contribution in [0.1, 0.15) is 11.1 Å². The molecule has 3 nitrogen and oxygen atoms in total. The molecule has 0 bridgehead atoms. The molecule has 0 saturated heterocycles. The van der Waals surface area contributed by atoms with Gasteiger partial charge in [-0.25, -0.2) is 4.99 Å². The van der Waals surface area contributed by atoms with Crippen molar-refractivity contribution in [2.24, 2.45) is 4.99 Å². The van der Waals surface area contributed by atoms with Crippen LogP contribution >= 0.6 is 24.0 Å². The smallest absolute Gasteiger partial charge is 0.195 e. The van der Waals surface area contributed by atoms with E-state index in [1.165, 1.54) is 11.1 Å². The molecule has 0 unspecified atom stereocenters. The molecule has 0 fully saturated rings. The molecule has 0 heterocycles. The van der Waals surface area contributed by atoms with Crippen LogP contribution in [0.3, 0.4) is 0 Å². The highest BCUT2D eigenvalue weighted by atomic mass is 127. The SMILES string of the molecule is Cc1cccc(CN=C(N(C)C)N(C)C)c1.I. The molecular formula is C13H22IN3. The van der Waals surface area contributed by atoms with Gasteiger partial charge in [0, 0.05) is 28.2 Å².